The molecule has 2 aromatic carbocycles. The summed E-state index contributed by atoms with van der Waals surface area (Å²) in [6.45, 7) is 3.04. The number of ether oxygens (including phenoxy) is 1. The van der Waals surface area contributed by atoms with Crippen LogP contribution in [0.1, 0.15) is 31.4 Å². The molecule has 2 unspecified atom stereocenters. The highest BCUT2D eigenvalue weighted by Crippen LogP contribution is 2.50. The number of carbonyl (C=O) groups excluding carboxylic acids is 3. The smallest absolute Gasteiger partial charge is 0.407 e. The van der Waals surface area contributed by atoms with E-state index in [-0.39, 0.29) is 36.5 Å². The highest BCUT2D eigenvalue weighted by Gasteiger charge is 2.62. The first-order chi connectivity index (χ1) is 20.0. The zero-order chi connectivity index (χ0) is 30.7. The van der Waals surface area contributed by atoms with E-state index < -0.39 is 57.8 Å². The molecule has 1 fully saturated rings. The number of nitrogens with zero attached hydrogens (tertiary/aromatic N) is 3. The van der Waals surface area contributed by atoms with Gasteiger partial charge >= 0.3 is 12.1 Å². The molecular weight excluding hydrogens is 572 g/mol. The molecule has 2 amide bonds. The number of alkyl carbamates (subject to hydrolysis) is 1. The van der Waals surface area contributed by atoms with E-state index in [1.165, 1.54) is 48.2 Å². The number of non-ortho nitro benzene ring substituents is 2. The molecule has 0 radical (unpaired) electrons. The van der Waals surface area contributed by atoms with Crippen molar-refractivity contribution in [2.45, 2.75) is 51.5 Å². The van der Waals surface area contributed by atoms with Crippen LogP contribution in [0, 0.1) is 32.1 Å². The lowest BCUT2D eigenvalue weighted by atomic mass is 9.73. The van der Waals surface area contributed by atoms with E-state index in [9.17, 15) is 39.7 Å². The van der Waals surface area contributed by atoms with Crippen molar-refractivity contribution in [3.63, 3.8) is 0 Å². The number of hydrogen-bond acceptors (Lipinski definition) is 11. The van der Waals surface area contributed by atoms with Crippen molar-refractivity contribution in [3.05, 3.63) is 91.2 Å². The van der Waals surface area contributed by atoms with Crippen LogP contribution in [-0.4, -0.2) is 56.0 Å². The number of amides is 2. The Kier molecular flexibility index (Phi) is 9.11. The van der Waals surface area contributed by atoms with E-state index in [0.717, 1.165) is 0 Å². The van der Waals surface area contributed by atoms with Gasteiger partial charge in [-0.1, -0.05) is 19.1 Å². The molecule has 222 valence electrons. The van der Waals surface area contributed by atoms with Crippen LogP contribution in [0.15, 0.2) is 59.8 Å². The third-order valence-corrected chi connectivity index (χ3v) is 7.67. The monoisotopic (exact) mass is 600 g/mol. The van der Waals surface area contributed by atoms with Gasteiger partial charge in [0.2, 0.25) is 5.91 Å². The van der Waals surface area contributed by atoms with Crippen LogP contribution in [0.2, 0.25) is 0 Å². The molecule has 4 rings (SSSR count). The van der Waals surface area contributed by atoms with Gasteiger partial charge in [-0.2, -0.15) is 0 Å². The SMILES string of the molecule is CCC(NC(=O)OCc1ccc([N+](=O)[O-])cc1)C1=C(C(=O)OS)N2C(=O)[C@H]([C@@H](C)O)[C@H]2C1Cc1ccc([N+](=O)[O-])cc1. The summed E-state index contributed by atoms with van der Waals surface area (Å²) in [5.74, 6) is -2.81. The summed E-state index contributed by atoms with van der Waals surface area (Å²) in [5, 5.41) is 35.1. The van der Waals surface area contributed by atoms with Gasteiger partial charge in [0.05, 0.1) is 34.0 Å². The predicted molar refractivity (Wildman–Crippen MR) is 149 cm³/mol. The Morgan fingerprint density at radius 2 is 1.60 bits per heavy atom. The van der Waals surface area contributed by atoms with Crippen molar-refractivity contribution in [1.82, 2.24) is 10.2 Å². The summed E-state index contributed by atoms with van der Waals surface area (Å²) < 4.78 is 10.0. The first-order valence-corrected chi connectivity index (χ1v) is 13.4. The Morgan fingerprint density at radius 1 is 1.05 bits per heavy atom. The Balaban J connectivity index is 1.63. The fourth-order valence-corrected chi connectivity index (χ4v) is 5.67. The normalized spacial score (nSPS) is 20.7. The molecule has 15 heteroatoms. The number of aliphatic hydroxyl groups is 1. The maximum Gasteiger partial charge on any atom is 0.407 e. The lowest BCUT2D eigenvalue weighted by Gasteiger charge is -2.47. The topological polar surface area (TPSA) is 191 Å². The molecule has 2 N–H and O–H groups in total. The number of aliphatic hydroxyl groups excluding tert-OH is 1. The average molecular weight is 601 g/mol. The third-order valence-electron chi connectivity index (χ3n) is 7.51. The van der Waals surface area contributed by atoms with Gasteiger partial charge in [-0.3, -0.25) is 25.0 Å². The minimum Gasteiger partial charge on any atom is -0.445 e. The van der Waals surface area contributed by atoms with E-state index in [1.54, 1.807) is 19.1 Å². The zero-order valence-electron chi connectivity index (χ0n) is 22.5. The third kappa shape index (κ3) is 5.92. The van der Waals surface area contributed by atoms with Crippen molar-refractivity contribution in [3.8, 4) is 0 Å². The Labute approximate surface area is 245 Å². The molecule has 5 atom stereocenters. The zero-order valence-corrected chi connectivity index (χ0v) is 23.4. The highest BCUT2D eigenvalue weighted by atomic mass is 32.1. The number of nitrogens with one attached hydrogen (secondary N) is 1. The van der Waals surface area contributed by atoms with E-state index in [4.69, 9.17) is 8.92 Å². The van der Waals surface area contributed by atoms with E-state index in [1.807, 2.05) is 0 Å². The number of fused-ring (bicyclic) bond motifs is 1. The second-order valence-corrected chi connectivity index (χ2v) is 10.2. The number of β-lactam (4-membered cyclic amide) rings is 1. The van der Waals surface area contributed by atoms with Crippen LogP contribution in [-0.2, 0) is 31.5 Å². The highest BCUT2D eigenvalue weighted by molar-refractivity contribution is 7.75. The summed E-state index contributed by atoms with van der Waals surface area (Å²) >= 11 is 3.65. The van der Waals surface area contributed by atoms with Gasteiger partial charge in [0.15, 0.2) is 0 Å². The summed E-state index contributed by atoms with van der Waals surface area (Å²) in [4.78, 5) is 61.1. The van der Waals surface area contributed by atoms with Crippen LogP contribution in [0.25, 0.3) is 0 Å². The number of nitro groups is 2. The summed E-state index contributed by atoms with van der Waals surface area (Å²) in [5.41, 5.74) is 1.25. The molecule has 0 bridgehead atoms. The van der Waals surface area contributed by atoms with Gasteiger partial charge in [-0.05, 0) is 48.6 Å². The molecule has 2 heterocycles. The molecule has 0 saturated carbocycles. The van der Waals surface area contributed by atoms with Gasteiger partial charge in [0, 0.05) is 43.1 Å². The molecule has 14 nitrogen and oxygen atoms in total. The maximum atomic E-state index is 13.1. The number of carbonyl (C=O) groups is 3. The van der Waals surface area contributed by atoms with Gasteiger partial charge in [0.25, 0.3) is 11.4 Å². The second-order valence-electron chi connectivity index (χ2n) is 9.99. The van der Waals surface area contributed by atoms with Gasteiger partial charge in [0.1, 0.15) is 12.3 Å². The van der Waals surface area contributed by atoms with Crippen molar-refractivity contribution >= 4 is 42.3 Å². The number of thiol groups is 1. The van der Waals surface area contributed by atoms with E-state index in [2.05, 4.69) is 18.2 Å². The Hall–Kier alpha value is -4.50. The largest absolute Gasteiger partial charge is 0.445 e. The predicted octanol–water partition coefficient (Wildman–Crippen LogP) is 3.23. The molecule has 0 spiro atoms. The van der Waals surface area contributed by atoms with Crippen LogP contribution in [0.3, 0.4) is 0 Å². The van der Waals surface area contributed by atoms with Crippen molar-refractivity contribution in [2.24, 2.45) is 11.8 Å². The summed E-state index contributed by atoms with van der Waals surface area (Å²) in [7, 11) is 0. The minimum atomic E-state index is -1.04. The fraction of sp³-hybridized carbons (Fsp3) is 0.370. The number of nitro benzene ring substituents is 2. The quantitative estimate of drug-likeness (QED) is 0.113. The molecule has 2 aromatic rings. The molecule has 0 aromatic heterocycles. The fourth-order valence-electron chi connectivity index (χ4n) is 5.58. The second kappa shape index (κ2) is 12.6. The molecule has 2 aliphatic rings. The van der Waals surface area contributed by atoms with E-state index in [0.29, 0.717) is 16.7 Å². The van der Waals surface area contributed by atoms with Crippen LogP contribution in [0.4, 0.5) is 16.2 Å². The average Bonchev–Trinajstić information content (AvgIpc) is 3.24. The lowest BCUT2D eigenvalue weighted by Crippen LogP contribution is -2.64. The summed E-state index contributed by atoms with van der Waals surface area (Å²) in [6.07, 6.45) is -1.38. The van der Waals surface area contributed by atoms with Crippen LogP contribution in [0.5, 0.6) is 0 Å². The molecule has 2 aliphatic heterocycles. The first kappa shape index (κ1) is 30.5. The van der Waals surface area contributed by atoms with Crippen LogP contribution >= 0.6 is 12.9 Å². The molecule has 0 aliphatic carbocycles. The van der Waals surface area contributed by atoms with Gasteiger partial charge in [-0.25, -0.2) is 9.59 Å². The molecule has 1 saturated heterocycles. The minimum absolute atomic E-state index is 0.0914. The van der Waals surface area contributed by atoms with Gasteiger partial charge < -0.3 is 24.2 Å². The molecule has 42 heavy (non-hydrogen) atoms. The van der Waals surface area contributed by atoms with Crippen molar-refractivity contribution in [2.75, 3.05) is 0 Å². The summed E-state index contributed by atoms with van der Waals surface area (Å²) in [6, 6.07) is 9.85. The van der Waals surface area contributed by atoms with Crippen molar-refractivity contribution in [1.29, 1.82) is 0 Å². The molecular formula is C27H28N4O10S. The van der Waals surface area contributed by atoms with E-state index >= 15 is 0 Å². The lowest BCUT2D eigenvalue weighted by molar-refractivity contribution is -0.385. The van der Waals surface area contributed by atoms with Crippen LogP contribution < -0.4 is 5.32 Å². The number of hydrogen-bond donors (Lipinski definition) is 3. The van der Waals surface area contributed by atoms with Crippen molar-refractivity contribution < 1.29 is 38.3 Å². The number of benzene rings is 2. The Bertz CT molecular complexity index is 1430. The van der Waals surface area contributed by atoms with Gasteiger partial charge in [-0.15, -0.1) is 0 Å². The Morgan fingerprint density at radius 3 is 2.07 bits per heavy atom. The maximum absolute atomic E-state index is 13.1. The first-order valence-electron chi connectivity index (χ1n) is 13.0. The standard InChI is InChI=1S/C27H28N4O10S/c1-3-20(28-27(35)40-13-16-6-10-18(11-7-16)31(38)39)22-19(12-15-4-8-17(9-5-15)30(36)37)23-21(14(2)32)25(33)29(23)24(22)26(34)41-42/h4-11,14,19-21,23,32,42H,3,12-13H2,1-2H3,(H,28,35)/t14-,19?,20?,21-,23-/m1/s1. The number of rotatable bonds is 11.